The van der Waals surface area contributed by atoms with Crippen molar-refractivity contribution in [1.82, 2.24) is 0 Å². The van der Waals surface area contributed by atoms with Gasteiger partial charge in [-0.3, -0.25) is 0 Å². The molecule has 0 aliphatic carbocycles. The number of rotatable bonds is 14. The van der Waals surface area contributed by atoms with Crippen LogP contribution in [0.2, 0.25) is 0 Å². The number of carboxylic acid groups (broad SMARTS) is 1. The van der Waals surface area contributed by atoms with E-state index in [4.69, 9.17) is 11.5 Å². The number of amides is 1. The van der Waals surface area contributed by atoms with Gasteiger partial charge in [0.1, 0.15) is 11.4 Å². The van der Waals surface area contributed by atoms with Gasteiger partial charge in [-0.1, -0.05) is 44.2 Å². The maximum absolute atomic E-state index is 14.2. The van der Waals surface area contributed by atoms with Gasteiger partial charge in [-0.15, -0.1) is 3.89 Å². The number of hydrogen-bond acceptors (Lipinski definition) is 6. The third-order valence-electron chi connectivity index (χ3n) is 6.08. The summed E-state index contributed by atoms with van der Waals surface area (Å²) in [6.07, 6.45) is 1.90. The molecule has 0 fully saturated rings. The first-order valence-corrected chi connectivity index (χ1v) is 13.5. The van der Waals surface area contributed by atoms with Crippen molar-refractivity contribution in [2.45, 2.75) is 63.3 Å². The number of carboxylic acids is 1. The molecule has 1 amide bonds. The lowest BCUT2D eigenvalue weighted by Crippen LogP contribution is -2.66. The van der Waals surface area contributed by atoms with Gasteiger partial charge < -0.3 is 16.6 Å². The number of unbranched alkanes of at least 4 members (excludes halogenated alkanes) is 1. The van der Waals surface area contributed by atoms with E-state index in [0.29, 0.717) is 37.9 Å². The van der Waals surface area contributed by atoms with Crippen LogP contribution in [0, 0.1) is 5.92 Å². The summed E-state index contributed by atoms with van der Waals surface area (Å²) < 4.78 is 27.2. The number of nitrogens with zero attached hydrogens (tertiary/aromatic N) is 1. The molecule has 0 aliphatic rings. The first kappa shape index (κ1) is 28.5. The molecule has 0 spiro atoms. The van der Waals surface area contributed by atoms with Gasteiger partial charge in [0.05, 0.1) is 6.42 Å². The molecule has 0 aromatic heterocycles. The van der Waals surface area contributed by atoms with Crippen LogP contribution in [-0.2, 0) is 26.0 Å². The summed E-state index contributed by atoms with van der Waals surface area (Å²) in [6.45, 7) is 3.80. The number of quaternary nitrogens is 1. The number of carbonyl (C=O) groups excluding carboxylic acids is 1. The first-order valence-electron chi connectivity index (χ1n) is 12.0. The number of aryl methyl sites for hydroxylation is 1. The average molecular weight is 505 g/mol. The number of nitrogen functional groups attached to an aromatic ring is 1. The molecular weight excluding hydrogens is 466 g/mol. The Bertz CT molecular complexity index is 1070. The summed E-state index contributed by atoms with van der Waals surface area (Å²) in [4.78, 5) is 26.4. The van der Waals surface area contributed by atoms with E-state index >= 15 is 0 Å². The molecule has 2 aromatic carbocycles. The summed E-state index contributed by atoms with van der Waals surface area (Å²) in [5.74, 6) is -2.17. The SMILES string of the molecule is CC(C)C[N+](C(=O)CCCc1ccccc1)([C@@H](CCCCN)C(=O)O)S(=O)(=O)c1ccc(N)cc1. The van der Waals surface area contributed by atoms with E-state index in [1.54, 1.807) is 13.8 Å². The fourth-order valence-corrected chi connectivity index (χ4v) is 6.68. The predicted octanol–water partition coefficient (Wildman–Crippen LogP) is 3.56. The highest BCUT2D eigenvalue weighted by molar-refractivity contribution is 7.86. The Morgan fingerprint density at radius 3 is 2.14 bits per heavy atom. The molecule has 0 saturated heterocycles. The fourth-order valence-electron chi connectivity index (χ4n) is 4.44. The van der Waals surface area contributed by atoms with E-state index in [9.17, 15) is 23.1 Å². The Morgan fingerprint density at radius 1 is 0.971 bits per heavy atom. The van der Waals surface area contributed by atoms with E-state index in [1.165, 1.54) is 24.3 Å². The Balaban J connectivity index is 2.59. The number of hydrogen-bond donors (Lipinski definition) is 3. The van der Waals surface area contributed by atoms with Crippen molar-refractivity contribution >= 4 is 27.6 Å². The topological polar surface area (TPSA) is 141 Å². The third-order valence-corrected chi connectivity index (χ3v) is 8.42. The number of sulfonamides is 1. The highest BCUT2D eigenvalue weighted by Gasteiger charge is 2.57. The van der Waals surface area contributed by atoms with Gasteiger partial charge in [0, 0.05) is 18.0 Å². The Hall–Kier alpha value is -2.75. The van der Waals surface area contributed by atoms with Gasteiger partial charge in [-0.2, -0.15) is 8.42 Å². The van der Waals surface area contributed by atoms with Gasteiger partial charge >= 0.3 is 21.9 Å². The maximum atomic E-state index is 14.2. The summed E-state index contributed by atoms with van der Waals surface area (Å²) >= 11 is 0. The Labute approximate surface area is 208 Å². The monoisotopic (exact) mass is 504 g/mol. The lowest BCUT2D eigenvalue weighted by atomic mass is 10.0. The number of nitrogens with two attached hydrogens (primary N) is 2. The van der Waals surface area contributed by atoms with Gasteiger partial charge in [-0.25, -0.2) is 9.59 Å². The zero-order chi connectivity index (χ0) is 26.1. The lowest BCUT2D eigenvalue weighted by molar-refractivity contribution is -0.753. The van der Waals surface area contributed by atoms with E-state index in [-0.39, 0.29) is 30.2 Å². The van der Waals surface area contributed by atoms with E-state index in [0.717, 1.165) is 5.56 Å². The van der Waals surface area contributed by atoms with Crippen LogP contribution in [0.25, 0.3) is 0 Å². The van der Waals surface area contributed by atoms with Crippen molar-refractivity contribution in [3.8, 4) is 0 Å². The lowest BCUT2D eigenvalue weighted by Gasteiger charge is -2.40. The second-order valence-corrected chi connectivity index (χ2v) is 11.4. The molecule has 2 aromatic rings. The van der Waals surface area contributed by atoms with Crippen molar-refractivity contribution in [1.29, 1.82) is 0 Å². The van der Waals surface area contributed by atoms with E-state index in [1.807, 2.05) is 30.3 Å². The van der Waals surface area contributed by atoms with Gasteiger partial charge in [0.2, 0.25) is 6.04 Å². The quantitative estimate of drug-likeness (QED) is 0.203. The second-order valence-electron chi connectivity index (χ2n) is 9.29. The van der Waals surface area contributed by atoms with Crippen molar-refractivity contribution in [2.24, 2.45) is 11.7 Å². The molecule has 8 nitrogen and oxygen atoms in total. The van der Waals surface area contributed by atoms with Crippen molar-refractivity contribution in [3.05, 3.63) is 60.2 Å². The fraction of sp³-hybridized carbons (Fsp3) is 0.462. The zero-order valence-corrected chi connectivity index (χ0v) is 21.4. The molecule has 0 heterocycles. The Kier molecular flexibility index (Phi) is 10.4. The standard InChI is InChI=1S/C26H37N3O5S/c1-20(2)19-29(24(26(31)32)12-6-7-18-27,35(33,34)23-16-14-22(28)15-17-23)25(30)13-8-11-21-9-4-3-5-10-21/h3-5,9-10,14-17,20,24H,6-8,11-13,18-19,27-28H2,1-2H3/p+1/t24-,29?/m0/s1. The van der Waals surface area contributed by atoms with E-state index < -0.39 is 31.8 Å². The van der Waals surface area contributed by atoms with Crippen LogP contribution in [0.1, 0.15) is 51.5 Å². The highest BCUT2D eigenvalue weighted by atomic mass is 32.2. The highest BCUT2D eigenvalue weighted by Crippen LogP contribution is 2.34. The largest absolute Gasteiger partial charge is 0.477 e. The van der Waals surface area contributed by atoms with Crippen LogP contribution in [-0.4, -0.2) is 48.4 Å². The summed E-state index contributed by atoms with van der Waals surface area (Å²) in [7, 11) is -4.43. The number of benzene rings is 2. The molecule has 0 aliphatic heterocycles. The van der Waals surface area contributed by atoms with Crippen LogP contribution in [0.3, 0.4) is 0 Å². The van der Waals surface area contributed by atoms with Crippen molar-refractivity contribution in [3.63, 3.8) is 0 Å². The average Bonchev–Trinajstić information content (AvgIpc) is 2.81. The molecule has 1 unspecified atom stereocenters. The summed E-state index contributed by atoms with van der Waals surface area (Å²) in [6, 6.07) is 13.7. The van der Waals surface area contributed by atoms with Gasteiger partial charge in [0.15, 0.2) is 0 Å². The van der Waals surface area contributed by atoms with Crippen LogP contribution in [0.5, 0.6) is 0 Å². The molecule has 2 rings (SSSR count). The number of aliphatic carboxylic acids is 1. The number of anilines is 1. The molecule has 192 valence electrons. The molecular formula is C26H38N3O5S+. The number of carbonyl (C=O) groups is 2. The van der Waals surface area contributed by atoms with Crippen molar-refractivity contribution in [2.75, 3.05) is 18.8 Å². The van der Waals surface area contributed by atoms with E-state index in [2.05, 4.69) is 0 Å². The minimum Gasteiger partial charge on any atom is -0.477 e. The van der Waals surface area contributed by atoms with Crippen molar-refractivity contribution < 1.29 is 27.0 Å². The molecule has 0 bridgehead atoms. The molecule has 5 N–H and O–H groups in total. The zero-order valence-electron chi connectivity index (χ0n) is 20.6. The summed E-state index contributed by atoms with van der Waals surface area (Å²) in [5, 5.41) is 10.2. The minimum absolute atomic E-state index is 0.0257. The summed E-state index contributed by atoms with van der Waals surface area (Å²) in [5.41, 5.74) is 12.8. The maximum Gasteiger partial charge on any atom is 0.364 e. The Morgan fingerprint density at radius 2 is 1.60 bits per heavy atom. The van der Waals surface area contributed by atoms with Crippen LogP contribution in [0.4, 0.5) is 5.69 Å². The van der Waals surface area contributed by atoms with Crippen LogP contribution < -0.4 is 11.5 Å². The third kappa shape index (κ3) is 6.90. The normalized spacial score (nSPS) is 14.4. The van der Waals surface area contributed by atoms with Crippen LogP contribution >= 0.6 is 0 Å². The van der Waals surface area contributed by atoms with Crippen LogP contribution in [0.15, 0.2) is 59.5 Å². The molecule has 0 saturated carbocycles. The molecule has 35 heavy (non-hydrogen) atoms. The first-order chi connectivity index (χ1) is 16.6. The second kappa shape index (κ2) is 12.8. The molecule has 0 radical (unpaired) electrons. The molecule has 9 heteroatoms. The molecule has 2 atom stereocenters. The smallest absolute Gasteiger partial charge is 0.364 e. The van der Waals surface area contributed by atoms with Gasteiger partial charge in [0.25, 0.3) is 0 Å². The minimum atomic E-state index is -4.43. The van der Waals surface area contributed by atoms with Gasteiger partial charge in [-0.05, 0) is 62.1 Å². The predicted molar refractivity (Wildman–Crippen MR) is 137 cm³/mol.